The van der Waals surface area contributed by atoms with Gasteiger partial charge < -0.3 is 25.4 Å². The predicted molar refractivity (Wildman–Crippen MR) is 117 cm³/mol. The van der Waals surface area contributed by atoms with E-state index in [4.69, 9.17) is 9.47 Å². The van der Waals surface area contributed by atoms with Gasteiger partial charge in [-0.1, -0.05) is 17.7 Å². The molecule has 1 saturated heterocycles. The number of aryl methyl sites for hydroxylation is 1. The van der Waals surface area contributed by atoms with Crippen molar-refractivity contribution in [3.63, 3.8) is 0 Å². The number of methoxy groups -OCH3 is 1. The van der Waals surface area contributed by atoms with E-state index in [0.717, 1.165) is 18.6 Å². The second-order valence-electron chi connectivity index (χ2n) is 8.67. The molecule has 0 aromatic heterocycles. The highest BCUT2D eigenvalue weighted by atomic mass is 16.5. The molecule has 0 unspecified atom stereocenters. The van der Waals surface area contributed by atoms with Crippen LogP contribution >= 0.6 is 0 Å². The van der Waals surface area contributed by atoms with E-state index >= 15 is 0 Å². The van der Waals surface area contributed by atoms with Gasteiger partial charge >= 0.3 is 0 Å². The molecule has 0 radical (unpaired) electrons. The van der Waals surface area contributed by atoms with Gasteiger partial charge in [-0.15, -0.1) is 0 Å². The van der Waals surface area contributed by atoms with Gasteiger partial charge in [0.05, 0.1) is 13.7 Å². The Hall–Kier alpha value is -2.28. The molecule has 1 aromatic carbocycles. The average molecular weight is 405 g/mol. The molecule has 1 fully saturated rings. The summed E-state index contributed by atoms with van der Waals surface area (Å²) in [7, 11) is 3.42. The number of aliphatic imine (C=N–C) groups is 1. The van der Waals surface area contributed by atoms with Crippen LogP contribution < -0.4 is 20.7 Å². The second-order valence-corrected chi connectivity index (χ2v) is 8.67. The first-order valence-electron chi connectivity index (χ1n) is 10.2. The van der Waals surface area contributed by atoms with Crippen LogP contribution in [0.15, 0.2) is 23.2 Å². The molecule has 1 heterocycles. The highest BCUT2D eigenvalue weighted by Crippen LogP contribution is 2.40. The Kier molecular flexibility index (Phi) is 7.90. The molecule has 7 heteroatoms. The first-order valence-corrected chi connectivity index (χ1v) is 10.2. The fraction of sp³-hybridized carbons (Fsp3) is 0.636. The molecular weight excluding hydrogens is 368 g/mol. The van der Waals surface area contributed by atoms with Crippen LogP contribution in [0, 0.1) is 6.92 Å². The van der Waals surface area contributed by atoms with Crippen molar-refractivity contribution in [3.05, 3.63) is 29.3 Å². The van der Waals surface area contributed by atoms with Crippen molar-refractivity contribution in [1.29, 1.82) is 0 Å². The van der Waals surface area contributed by atoms with Gasteiger partial charge in [-0.25, -0.2) is 0 Å². The van der Waals surface area contributed by atoms with E-state index in [0.29, 0.717) is 25.7 Å². The van der Waals surface area contributed by atoms with Gasteiger partial charge in [-0.3, -0.25) is 9.79 Å². The van der Waals surface area contributed by atoms with Crippen LogP contribution in [0.4, 0.5) is 0 Å². The Bertz CT molecular complexity index is 719. The molecule has 0 saturated carbocycles. The Balaban J connectivity index is 2.11. The zero-order valence-corrected chi connectivity index (χ0v) is 18.6. The molecule has 1 aromatic rings. The van der Waals surface area contributed by atoms with Crippen molar-refractivity contribution in [2.24, 2.45) is 4.99 Å². The lowest BCUT2D eigenvalue weighted by Gasteiger charge is -2.39. The minimum Gasteiger partial charge on any atom is -0.496 e. The lowest BCUT2D eigenvalue weighted by molar-refractivity contribution is -0.121. The zero-order chi connectivity index (χ0) is 21.5. The summed E-state index contributed by atoms with van der Waals surface area (Å²) in [6.45, 7) is 10.2. The average Bonchev–Trinajstić information content (AvgIpc) is 2.67. The van der Waals surface area contributed by atoms with E-state index in [1.54, 1.807) is 14.2 Å². The molecule has 0 aliphatic carbocycles. The molecule has 0 spiro atoms. The maximum atomic E-state index is 12.1. The van der Waals surface area contributed by atoms with Crippen molar-refractivity contribution in [1.82, 2.24) is 16.0 Å². The molecule has 3 N–H and O–H groups in total. The lowest BCUT2D eigenvalue weighted by atomic mass is 9.73. The summed E-state index contributed by atoms with van der Waals surface area (Å²) in [5, 5.41) is 9.46. The van der Waals surface area contributed by atoms with E-state index in [1.165, 1.54) is 11.1 Å². The first kappa shape index (κ1) is 23.0. The van der Waals surface area contributed by atoms with Crippen LogP contribution in [-0.2, 0) is 14.9 Å². The van der Waals surface area contributed by atoms with Gasteiger partial charge in [0.1, 0.15) is 5.75 Å². The SMILES string of the molecule is CN=C(NCC(=O)NC(C)(C)C)NCC1(c2cc(C)ccc2OC)CCOCC1. The fourth-order valence-electron chi connectivity index (χ4n) is 3.64. The van der Waals surface area contributed by atoms with Crippen molar-refractivity contribution >= 4 is 11.9 Å². The third-order valence-corrected chi connectivity index (χ3v) is 5.12. The van der Waals surface area contributed by atoms with Crippen molar-refractivity contribution < 1.29 is 14.3 Å². The summed E-state index contributed by atoms with van der Waals surface area (Å²) in [5.74, 6) is 1.43. The third-order valence-electron chi connectivity index (χ3n) is 5.12. The van der Waals surface area contributed by atoms with Gasteiger partial charge in [0.15, 0.2) is 5.96 Å². The molecule has 7 nitrogen and oxygen atoms in total. The third kappa shape index (κ3) is 6.63. The molecule has 29 heavy (non-hydrogen) atoms. The Labute approximate surface area is 174 Å². The zero-order valence-electron chi connectivity index (χ0n) is 18.6. The summed E-state index contributed by atoms with van der Waals surface area (Å²) >= 11 is 0. The smallest absolute Gasteiger partial charge is 0.239 e. The number of hydrogen-bond donors (Lipinski definition) is 3. The standard InChI is InChI=1S/C22H36N4O3/c1-16-7-8-18(28-6)17(13-16)22(9-11-29-12-10-22)15-25-20(23-5)24-14-19(27)26-21(2,3)4/h7-8,13H,9-12,14-15H2,1-6H3,(H,26,27)(H2,23,24,25). The number of benzene rings is 1. The molecule has 0 bridgehead atoms. The minimum absolute atomic E-state index is 0.0680. The molecule has 0 atom stereocenters. The highest BCUT2D eigenvalue weighted by molar-refractivity contribution is 5.86. The van der Waals surface area contributed by atoms with Gasteiger partial charge in [0.2, 0.25) is 5.91 Å². The number of rotatable bonds is 6. The minimum atomic E-state index is -0.260. The number of carbonyl (C=O) groups excluding carboxylic acids is 1. The fourth-order valence-corrected chi connectivity index (χ4v) is 3.64. The number of ether oxygens (including phenoxy) is 2. The van der Waals surface area contributed by atoms with Gasteiger partial charge in [0, 0.05) is 43.3 Å². The van der Waals surface area contributed by atoms with Gasteiger partial charge in [0.25, 0.3) is 0 Å². The molecular formula is C22H36N4O3. The lowest BCUT2D eigenvalue weighted by Crippen LogP contribution is -2.51. The highest BCUT2D eigenvalue weighted by Gasteiger charge is 2.37. The Morgan fingerprint density at radius 2 is 1.93 bits per heavy atom. The summed E-state index contributed by atoms with van der Waals surface area (Å²) in [5.41, 5.74) is 2.01. The summed E-state index contributed by atoms with van der Waals surface area (Å²) in [6, 6.07) is 6.31. The van der Waals surface area contributed by atoms with Crippen molar-refractivity contribution in [2.45, 2.75) is 51.5 Å². The van der Waals surface area contributed by atoms with Crippen molar-refractivity contribution in [2.75, 3.05) is 40.5 Å². The van der Waals surface area contributed by atoms with Crippen LogP contribution in [0.25, 0.3) is 0 Å². The van der Waals surface area contributed by atoms with Crippen LogP contribution in [0.5, 0.6) is 5.75 Å². The molecule has 2 rings (SSSR count). The van der Waals surface area contributed by atoms with E-state index < -0.39 is 0 Å². The molecule has 162 valence electrons. The first-order chi connectivity index (χ1) is 13.7. The maximum Gasteiger partial charge on any atom is 0.239 e. The van der Waals surface area contributed by atoms with E-state index in [9.17, 15) is 4.79 Å². The van der Waals surface area contributed by atoms with Crippen LogP contribution in [0.2, 0.25) is 0 Å². The number of guanidine groups is 1. The number of carbonyl (C=O) groups is 1. The van der Waals surface area contributed by atoms with E-state index in [1.807, 2.05) is 26.8 Å². The van der Waals surface area contributed by atoms with E-state index in [-0.39, 0.29) is 23.4 Å². The van der Waals surface area contributed by atoms with Crippen LogP contribution in [-0.4, -0.2) is 57.9 Å². The van der Waals surface area contributed by atoms with E-state index in [2.05, 4.69) is 40.0 Å². The predicted octanol–water partition coefficient (Wildman–Crippen LogP) is 2.13. The largest absolute Gasteiger partial charge is 0.496 e. The number of nitrogens with one attached hydrogen (secondary N) is 3. The summed E-state index contributed by atoms with van der Waals surface area (Å²) < 4.78 is 11.3. The number of nitrogens with zero attached hydrogens (tertiary/aromatic N) is 1. The Morgan fingerprint density at radius 3 is 2.52 bits per heavy atom. The molecule has 1 amide bonds. The number of hydrogen-bond acceptors (Lipinski definition) is 4. The van der Waals surface area contributed by atoms with Crippen LogP contribution in [0.3, 0.4) is 0 Å². The quantitative estimate of drug-likeness (QED) is 0.500. The monoisotopic (exact) mass is 404 g/mol. The summed E-state index contributed by atoms with van der Waals surface area (Å²) in [4.78, 5) is 16.4. The molecule has 1 aliphatic heterocycles. The van der Waals surface area contributed by atoms with Crippen LogP contribution in [0.1, 0.15) is 44.7 Å². The van der Waals surface area contributed by atoms with Gasteiger partial charge in [-0.05, 0) is 46.6 Å². The van der Waals surface area contributed by atoms with Gasteiger partial charge in [-0.2, -0.15) is 0 Å². The van der Waals surface area contributed by atoms with Crippen molar-refractivity contribution in [3.8, 4) is 5.75 Å². The maximum absolute atomic E-state index is 12.1. The molecule has 1 aliphatic rings. The topological polar surface area (TPSA) is 84.0 Å². The normalized spacial score (nSPS) is 16.8. The number of amides is 1. The second kappa shape index (κ2) is 9.96. The Morgan fingerprint density at radius 1 is 1.24 bits per heavy atom. The summed E-state index contributed by atoms with van der Waals surface area (Å²) in [6.07, 6.45) is 1.78.